The molecule has 2 aromatic carbocycles. The molecule has 0 radical (unpaired) electrons. The van der Waals surface area contributed by atoms with Crippen LogP contribution < -0.4 is 5.43 Å². The van der Waals surface area contributed by atoms with Crippen LogP contribution in [0.15, 0.2) is 53.6 Å². The maximum absolute atomic E-state index is 13.7. The first-order chi connectivity index (χ1) is 11.7. The van der Waals surface area contributed by atoms with Crippen LogP contribution in [-0.4, -0.2) is 49.2 Å². The molecule has 0 bridgehead atoms. The van der Waals surface area contributed by atoms with E-state index in [9.17, 15) is 4.39 Å². The van der Waals surface area contributed by atoms with Crippen LogP contribution in [0.2, 0.25) is 0 Å². The number of piperazine rings is 1. The summed E-state index contributed by atoms with van der Waals surface area (Å²) in [5.74, 6) is -0.202. The van der Waals surface area contributed by atoms with Gasteiger partial charge in [-0.25, -0.2) is 4.39 Å². The van der Waals surface area contributed by atoms with Crippen molar-refractivity contribution in [2.24, 2.45) is 5.10 Å². The molecule has 0 atom stereocenters. The minimum Gasteiger partial charge on any atom is -0.304 e. The number of benzene rings is 2. The molecule has 1 N–H and O–H groups in total. The SMILES string of the molecule is CN1CCN(Cc2cc(F)ccc2C=NNc2ccccc2)CC1. The Labute approximate surface area is 142 Å². The Morgan fingerprint density at radius 1 is 1.08 bits per heavy atom. The van der Waals surface area contributed by atoms with Gasteiger partial charge in [-0.2, -0.15) is 5.10 Å². The van der Waals surface area contributed by atoms with E-state index >= 15 is 0 Å². The highest BCUT2D eigenvalue weighted by molar-refractivity contribution is 5.82. The smallest absolute Gasteiger partial charge is 0.123 e. The van der Waals surface area contributed by atoms with Gasteiger partial charge in [0.1, 0.15) is 5.82 Å². The molecule has 1 aliphatic rings. The Morgan fingerprint density at radius 3 is 2.58 bits per heavy atom. The molecule has 5 heteroatoms. The van der Waals surface area contributed by atoms with Crippen molar-refractivity contribution in [1.29, 1.82) is 0 Å². The van der Waals surface area contributed by atoms with Gasteiger partial charge in [-0.1, -0.05) is 24.3 Å². The van der Waals surface area contributed by atoms with Crippen molar-refractivity contribution in [3.05, 3.63) is 65.5 Å². The lowest BCUT2D eigenvalue weighted by molar-refractivity contribution is 0.148. The summed E-state index contributed by atoms with van der Waals surface area (Å²) >= 11 is 0. The van der Waals surface area contributed by atoms with Crippen LogP contribution in [-0.2, 0) is 6.54 Å². The summed E-state index contributed by atoms with van der Waals surface area (Å²) in [6.45, 7) is 4.86. The predicted molar refractivity (Wildman–Crippen MR) is 96.8 cm³/mol. The molecule has 24 heavy (non-hydrogen) atoms. The Morgan fingerprint density at radius 2 is 1.83 bits per heavy atom. The van der Waals surface area contributed by atoms with Crippen molar-refractivity contribution in [1.82, 2.24) is 9.80 Å². The lowest BCUT2D eigenvalue weighted by atomic mass is 10.1. The van der Waals surface area contributed by atoms with Gasteiger partial charge in [-0.05, 0) is 42.4 Å². The van der Waals surface area contributed by atoms with E-state index in [1.165, 1.54) is 6.07 Å². The number of nitrogens with one attached hydrogen (secondary N) is 1. The van der Waals surface area contributed by atoms with Crippen LogP contribution in [0, 0.1) is 5.82 Å². The number of hydrogen-bond acceptors (Lipinski definition) is 4. The minimum absolute atomic E-state index is 0.202. The first-order valence-corrected chi connectivity index (χ1v) is 8.24. The van der Waals surface area contributed by atoms with E-state index in [1.807, 2.05) is 30.3 Å². The van der Waals surface area contributed by atoms with Crippen LogP contribution in [0.1, 0.15) is 11.1 Å². The highest BCUT2D eigenvalue weighted by Gasteiger charge is 2.15. The highest BCUT2D eigenvalue weighted by atomic mass is 19.1. The fourth-order valence-electron chi connectivity index (χ4n) is 2.77. The van der Waals surface area contributed by atoms with Crippen LogP contribution in [0.5, 0.6) is 0 Å². The maximum Gasteiger partial charge on any atom is 0.123 e. The minimum atomic E-state index is -0.202. The fraction of sp³-hybridized carbons (Fsp3) is 0.316. The lowest BCUT2D eigenvalue weighted by Crippen LogP contribution is -2.44. The summed E-state index contributed by atoms with van der Waals surface area (Å²) in [6, 6.07) is 14.7. The summed E-state index contributed by atoms with van der Waals surface area (Å²) in [6.07, 6.45) is 1.76. The van der Waals surface area contributed by atoms with Gasteiger partial charge in [0, 0.05) is 32.7 Å². The molecular weight excluding hydrogens is 303 g/mol. The number of anilines is 1. The molecule has 0 aliphatic carbocycles. The standard InChI is InChI=1S/C19H23FN4/c1-23-9-11-24(12-10-23)15-17-13-18(20)8-7-16(17)14-21-22-19-5-3-2-4-6-19/h2-8,13-14,22H,9-12,15H2,1H3. The second-order valence-electron chi connectivity index (χ2n) is 6.16. The van der Waals surface area contributed by atoms with Gasteiger partial charge in [0.15, 0.2) is 0 Å². The van der Waals surface area contributed by atoms with Crippen LogP contribution in [0.4, 0.5) is 10.1 Å². The third-order valence-corrected chi connectivity index (χ3v) is 4.27. The van der Waals surface area contributed by atoms with Crippen molar-refractivity contribution < 1.29 is 4.39 Å². The van der Waals surface area contributed by atoms with E-state index in [-0.39, 0.29) is 5.82 Å². The quantitative estimate of drug-likeness (QED) is 0.677. The van der Waals surface area contributed by atoms with Gasteiger partial charge in [0.25, 0.3) is 0 Å². The first kappa shape index (κ1) is 16.6. The zero-order valence-electron chi connectivity index (χ0n) is 14.0. The second-order valence-corrected chi connectivity index (χ2v) is 6.16. The van der Waals surface area contributed by atoms with Crippen molar-refractivity contribution >= 4 is 11.9 Å². The molecule has 1 fully saturated rings. The molecule has 0 aromatic heterocycles. The van der Waals surface area contributed by atoms with Crippen LogP contribution >= 0.6 is 0 Å². The van der Waals surface area contributed by atoms with Gasteiger partial charge < -0.3 is 4.90 Å². The normalized spacial score (nSPS) is 16.6. The molecule has 0 unspecified atom stereocenters. The molecule has 126 valence electrons. The van der Waals surface area contributed by atoms with Crippen molar-refractivity contribution in [3.8, 4) is 0 Å². The van der Waals surface area contributed by atoms with E-state index in [2.05, 4.69) is 27.4 Å². The summed E-state index contributed by atoms with van der Waals surface area (Å²) in [5, 5.41) is 4.28. The number of para-hydroxylation sites is 1. The van der Waals surface area contributed by atoms with Crippen LogP contribution in [0.3, 0.4) is 0 Å². The average molecular weight is 326 g/mol. The summed E-state index contributed by atoms with van der Waals surface area (Å²) in [4.78, 5) is 4.67. The number of hydrazone groups is 1. The number of rotatable bonds is 5. The average Bonchev–Trinajstić information content (AvgIpc) is 2.60. The molecule has 4 nitrogen and oxygen atoms in total. The number of nitrogens with zero attached hydrogens (tertiary/aromatic N) is 3. The molecule has 0 spiro atoms. The maximum atomic E-state index is 13.7. The van der Waals surface area contributed by atoms with E-state index in [1.54, 1.807) is 18.3 Å². The van der Waals surface area contributed by atoms with Gasteiger partial charge in [0.2, 0.25) is 0 Å². The van der Waals surface area contributed by atoms with E-state index in [4.69, 9.17) is 0 Å². The van der Waals surface area contributed by atoms with Crippen molar-refractivity contribution in [2.75, 3.05) is 38.7 Å². The summed E-state index contributed by atoms with van der Waals surface area (Å²) in [5.41, 5.74) is 5.84. The highest BCUT2D eigenvalue weighted by Crippen LogP contribution is 2.14. The molecule has 1 heterocycles. The molecule has 0 saturated carbocycles. The second kappa shape index (κ2) is 8.04. The van der Waals surface area contributed by atoms with Gasteiger partial charge >= 0.3 is 0 Å². The zero-order chi connectivity index (χ0) is 16.8. The van der Waals surface area contributed by atoms with E-state index in [0.717, 1.165) is 49.5 Å². The number of likely N-dealkylation sites (N-methyl/N-ethyl adjacent to an activating group) is 1. The Hall–Kier alpha value is -2.24. The first-order valence-electron chi connectivity index (χ1n) is 8.24. The molecular formula is C19H23FN4. The monoisotopic (exact) mass is 326 g/mol. The largest absolute Gasteiger partial charge is 0.304 e. The third kappa shape index (κ3) is 4.63. The topological polar surface area (TPSA) is 30.9 Å². The molecule has 2 aromatic rings. The number of halogens is 1. The zero-order valence-corrected chi connectivity index (χ0v) is 14.0. The Kier molecular flexibility index (Phi) is 5.56. The molecule has 1 saturated heterocycles. The van der Waals surface area contributed by atoms with Gasteiger partial charge in [0.05, 0.1) is 11.9 Å². The van der Waals surface area contributed by atoms with Crippen molar-refractivity contribution in [2.45, 2.75) is 6.54 Å². The van der Waals surface area contributed by atoms with Crippen molar-refractivity contribution in [3.63, 3.8) is 0 Å². The number of hydrogen-bond donors (Lipinski definition) is 1. The molecule has 0 amide bonds. The Bertz CT molecular complexity index is 679. The van der Waals surface area contributed by atoms with E-state index in [0.29, 0.717) is 0 Å². The predicted octanol–water partition coefficient (Wildman–Crippen LogP) is 3.02. The Balaban J connectivity index is 1.68. The summed E-state index contributed by atoms with van der Waals surface area (Å²) in [7, 11) is 2.13. The fourth-order valence-corrected chi connectivity index (χ4v) is 2.77. The van der Waals surface area contributed by atoms with Gasteiger partial charge in [-0.15, -0.1) is 0 Å². The van der Waals surface area contributed by atoms with E-state index < -0.39 is 0 Å². The lowest BCUT2D eigenvalue weighted by Gasteiger charge is -2.32. The third-order valence-electron chi connectivity index (χ3n) is 4.27. The summed E-state index contributed by atoms with van der Waals surface area (Å²) < 4.78 is 13.7. The van der Waals surface area contributed by atoms with Crippen LogP contribution in [0.25, 0.3) is 0 Å². The van der Waals surface area contributed by atoms with Gasteiger partial charge in [-0.3, -0.25) is 10.3 Å². The molecule has 1 aliphatic heterocycles. The molecule has 3 rings (SSSR count).